The number of benzene rings is 1. The zero-order chi connectivity index (χ0) is 13.0. The molecule has 92 valence electrons. The number of nitrogens with two attached hydrogens (primary N) is 1. The highest BCUT2D eigenvalue weighted by molar-refractivity contribution is 7.85. The van der Waals surface area contributed by atoms with E-state index in [4.69, 9.17) is 10.8 Å². The summed E-state index contributed by atoms with van der Waals surface area (Å²) < 4.78 is 11.7. The number of carboxylic acids is 1. The molecule has 1 aromatic carbocycles. The van der Waals surface area contributed by atoms with Gasteiger partial charge in [-0.25, -0.2) is 4.79 Å². The van der Waals surface area contributed by atoms with Gasteiger partial charge in [-0.3, -0.25) is 9.00 Å². The first kappa shape index (κ1) is 13.4. The van der Waals surface area contributed by atoms with Crippen molar-refractivity contribution in [1.29, 1.82) is 0 Å². The van der Waals surface area contributed by atoms with Gasteiger partial charge in [0.05, 0.1) is 16.4 Å². The Labute approximate surface area is 101 Å². The highest BCUT2D eigenvalue weighted by Crippen LogP contribution is 2.15. The summed E-state index contributed by atoms with van der Waals surface area (Å²) in [6, 6.07) is 4.56. The molecular formula is C11H13NO4S. The van der Waals surface area contributed by atoms with E-state index in [0.29, 0.717) is 10.5 Å². The largest absolute Gasteiger partial charge is 0.478 e. The van der Waals surface area contributed by atoms with E-state index < -0.39 is 22.7 Å². The lowest BCUT2D eigenvalue weighted by molar-refractivity contribution is -0.117. The molecule has 1 rings (SSSR count). The maximum absolute atomic E-state index is 11.7. The first-order valence-corrected chi connectivity index (χ1v) is 6.24. The second-order valence-electron chi connectivity index (χ2n) is 3.55. The number of carbonyl (C=O) groups excluding carboxylic acids is 1. The second-order valence-corrected chi connectivity index (χ2v) is 5.12. The second kappa shape index (κ2) is 5.58. The van der Waals surface area contributed by atoms with Crippen LogP contribution in [-0.4, -0.2) is 26.9 Å². The molecule has 0 aliphatic rings. The lowest BCUT2D eigenvalue weighted by Gasteiger charge is -2.05. The van der Waals surface area contributed by atoms with Crippen molar-refractivity contribution in [3.63, 3.8) is 0 Å². The third-order valence-electron chi connectivity index (χ3n) is 2.24. The Morgan fingerprint density at radius 1 is 1.41 bits per heavy atom. The lowest BCUT2D eigenvalue weighted by Crippen LogP contribution is -2.14. The molecule has 1 atom stereocenters. The van der Waals surface area contributed by atoms with Gasteiger partial charge in [0.15, 0.2) is 0 Å². The van der Waals surface area contributed by atoms with Crippen LogP contribution in [0, 0.1) is 6.92 Å². The summed E-state index contributed by atoms with van der Waals surface area (Å²) in [6.07, 6.45) is 0.0168. The van der Waals surface area contributed by atoms with Crippen LogP contribution in [0.25, 0.3) is 0 Å². The van der Waals surface area contributed by atoms with E-state index in [-0.39, 0.29) is 17.7 Å². The summed E-state index contributed by atoms with van der Waals surface area (Å²) in [5.74, 6) is -1.47. The maximum atomic E-state index is 11.7. The first-order valence-electron chi connectivity index (χ1n) is 4.92. The number of rotatable bonds is 5. The number of aromatic carboxylic acids is 1. The molecule has 6 heteroatoms. The molecule has 0 bridgehead atoms. The standard InChI is InChI=1S/C11H13NO4S/c1-7-2-3-8(6-9(7)11(14)15)17(16)5-4-10(12)13/h2-3,6H,4-5H2,1H3,(H2,12,13)(H,14,15). The van der Waals surface area contributed by atoms with E-state index in [9.17, 15) is 13.8 Å². The zero-order valence-electron chi connectivity index (χ0n) is 9.30. The summed E-state index contributed by atoms with van der Waals surface area (Å²) in [5, 5.41) is 8.92. The number of carboxylic acid groups (broad SMARTS) is 1. The molecule has 17 heavy (non-hydrogen) atoms. The van der Waals surface area contributed by atoms with Crippen LogP contribution in [0.1, 0.15) is 22.3 Å². The third kappa shape index (κ3) is 3.67. The van der Waals surface area contributed by atoms with Gasteiger partial charge in [-0.2, -0.15) is 0 Å². The number of hydrogen-bond acceptors (Lipinski definition) is 3. The molecule has 1 unspecified atom stereocenters. The van der Waals surface area contributed by atoms with Gasteiger partial charge < -0.3 is 10.8 Å². The molecule has 0 saturated carbocycles. The van der Waals surface area contributed by atoms with Gasteiger partial charge >= 0.3 is 5.97 Å². The molecule has 1 aromatic rings. The summed E-state index contributed by atoms with van der Waals surface area (Å²) >= 11 is 0. The minimum absolute atomic E-state index is 0.0168. The van der Waals surface area contributed by atoms with E-state index in [1.165, 1.54) is 6.07 Å². The molecule has 3 N–H and O–H groups in total. The molecule has 0 radical (unpaired) electrons. The van der Waals surface area contributed by atoms with Crippen LogP contribution in [0.3, 0.4) is 0 Å². The van der Waals surface area contributed by atoms with Crippen molar-refractivity contribution >= 4 is 22.7 Å². The molecule has 0 spiro atoms. The molecular weight excluding hydrogens is 242 g/mol. The van der Waals surface area contributed by atoms with Gasteiger partial charge in [0.2, 0.25) is 5.91 Å². The maximum Gasteiger partial charge on any atom is 0.335 e. The number of amides is 1. The molecule has 1 amide bonds. The fourth-order valence-electron chi connectivity index (χ4n) is 1.28. The number of aryl methyl sites for hydroxylation is 1. The third-order valence-corrected chi connectivity index (χ3v) is 3.59. The quantitative estimate of drug-likeness (QED) is 0.808. The van der Waals surface area contributed by atoms with Crippen LogP contribution in [0.5, 0.6) is 0 Å². The summed E-state index contributed by atoms with van der Waals surface area (Å²) in [4.78, 5) is 21.8. The highest BCUT2D eigenvalue weighted by atomic mass is 32.2. The molecule has 0 saturated heterocycles. The van der Waals surface area contributed by atoms with Crippen molar-refractivity contribution < 1.29 is 18.9 Å². The summed E-state index contributed by atoms with van der Waals surface area (Å²) in [5.41, 5.74) is 5.68. The Kier molecular flexibility index (Phi) is 4.39. The monoisotopic (exact) mass is 255 g/mol. The summed E-state index contributed by atoms with van der Waals surface area (Å²) in [6.45, 7) is 1.67. The zero-order valence-corrected chi connectivity index (χ0v) is 10.1. The van der Waals surface area contributed by atoms with Gasteiger partial charge in [-0.15, -0.1) is 0 Å². The molecule has 5 nitrogen and oxygen atoms in total. The van der Waals surface area contributed by atoms with Gasteiger partial charge in [-0.05, 0) is 24.6 Å². The van der Waals surface area contributed by atoms with E-state index >= 15 is 0 Å². The fourth-order valence-corrected chi connectivity index (χ4v) is 2.38. The van der Waals surface area contributed by atoms with Crippen molar-refractivity contribution in [2.75, 3.05) is 5.75 Å². The van der Waals surface area contributed by atoms with E-state index in [0.717, 1.165) is 0 Å². The molecule has 0 aromatic heterocycles. The van der Waals surface area contributed by atoms with Crippen molar-refractivity contribution in [3.05, 3.63) is 29.3 Å². The summed E-state index contributed by atoms with van der Waals surface area (Å²) in [7, 11) is -1.40. The SMILES string of the molecule is Cc1ccc(S(=O)CCC(N)=O)cc1C(=O)O. The average molecular weight is 255 g/mol. The molecule has 0 fully saturated rings. The minimum Gasteiger partial charge on any atom is -0.478 e. The van der Waals surface area contributed by atoms with Crippen molar-refractivity contribution in [3.8, 4) is 0 Å². The number of primary amides is 1. The van der Waals surface area contributed by atoms with Crippen LogP contribution in [0.4, 0.5) is 0 Å². The molecule has 0 aliphatic carbocycles. The Balaban J connectivity index is 2.92. The van der Waals surface area contributed by atoms with Crippen molar-refractivity contribution in [1.82, 2.24) is 0 Å². The lowest BCUT2D eigenvalue weighted by atomic mass is 10.1. The average Bonchev–Trinajstić information content (AvgIpc) is 2.26. The van der Waals surface area contributed by atoms with E-state index in [1.807, 2.05) is 0 Å². The Bertz CT molecular complexity index is 484. The van der Waals surface area contributed by atoms with Gasteiger partial charge in [0.1, 0.15) is 0 Å². The topological polar surface area (TPSA) is 97.5 Å². The minimum atomic E-state index is -1.40. The first-order chi connectivity index (χ1) is 7.91. The highest BCUT2D eigenvalue weighted by Gasteiger charge is 2.11. The number of carbonyl (C=O) groups is 2. The Morgan fingerprint density at radius 3 is 2.59 bits per heavy atom. The van der Waals surface area contributed by atoms with Crippen LogP contribution in [0.2, 0.25) is 0 Å². The Hall–Kier alpha value is -1.69. The van der Waals surface area contributed by atoms with Crippen LogP contribution in [0.15, 0.2) is 23.1 Å². The molecule has 0 aliphatic heterocycles. The fraction of sp³-hybridized carbons (Fsp3) is 0.273. The van der Waals surface area contributed by atoms with Crippen LogP contribution >= 0.6 is 0 Å². The predicted octanol–water partition coefficient (Wildman–Crippen LogP) is 0.676. The van der Waals surface area contributed by atoms with Gasteiger partial charge in [0.25, 0.3) is 0 Å². The van der Waals surface area contributed by atoms with Gasteiger partial charge in [0, 0.05) is 17.1 Å². The smallest absolute Gasteiger partial charge is 0.335 e. The van der Waals surface area contributed by atoms with Crippen LogP contribution < -0.4 is 5.73 Å². The number of hydrogen-bond donors (Lipinski definition) is 2. The van der Waals surface area contributed by atoms with E-state index in [1.54, 1.807) is 19.1 Å². The van der Waals surface area contributed by atoms with Crippen molar-refractivity contribution in [2.24, 2.45) is 5.73 Å². The van der Waals surface area contributed by atoms with Gasteiger partial charge in [-0.1, -0.05) is 6.07 Å². The van der Waals surface area contributed by atoms with E-state index in [2.05, 4.69) is 0 Å². The predicted molar refractivity (Wildman–Crippen MR) is 63.2 cm³/mol. The van der Waals surface area contributed by atoms with Crippen molar-refractivity contribution in [2.45, 2.75) is 18.2 Å². The Morgan fingerprint density at radius 2 is 2.06 bits per heavy atom. The molecule has 0 heterocycles. The normalized spacial score (nSPS) is 12.1. The van der Waals surface area contributed by atoms with Crippen LogP contribution in [-0.2, 0) is 15.6 Å².